The van der Waals surface area contributed by atoms with E-state index in [1.807, 2.05) is 0 Å². The molecule has 3 nitrogen and oxygen atoms in total. The first-order chi connectivity index (χ1) is 6.02. The summed E-state index contributed by atoms with van der Waals surface area (Å²) in [5.74, 6) is 1.40. The number of rotatable bonds is 1. The second-order valence-electron chi connectivity index (χ2n) is 5.27. The molecule has 2 rings (SSSR count). The molecule has 2 aliphatic rings. The Kier molecular flexibility index (Phi) is 1.65. The molecule has 0 aromatic rings. The molecule has 0 aromatic heterocycles. The van der Waals surface area contributed by atoms with Gasteiger partial charge in [-0.3, -0.25) is 0 Å². The van der Waals surface area contributed by atoms with Crippen LogP contribution in [0.25, 0.3) is 10.4 Å². The lowest BCUT2D eigenvalue weighted by Crippen LogP contribution is -2.44. The quantitative estimate of drug-likeness (QED) is 0.336. The number of azide groups is 1. The zero-order valence-electron chi connectivity index (χ0n) is 8.62. The van der Waals surface area contributed by atoms with Crippen LogP contribution >= 0.6 is 0 Å². The van der Waals surface area contributed by atoms with Gasteiger partial charge in [0.2, 0.25) is 0 Å². The summed E-state index contributed by atoms with van der Waals surface area (Å²) in [6, 6.07) is 0. The Morgan fingerprint density at radius 1 is 1.23 bits per heavy atom. The first-order valence-corrected chi connectivity index (χ1v) is 5.08. The topological polar surface area (TPSA) is 48.8 Å². The molecule has 13 heavy (non-hydrogen) atoms. The van der Waals surface area contributed by atoms with E-state index < -0.39 is 0 Å². The fourth-order valence-electron chi connectivity index (χ4n) is 3.39. The average molecular weight is 179 g/mol. The number of hydrogen-bond acceptors (Lipinski definition) is 1. The van der Waals surface area contributed by atoms with Crippen molar-refractivity contribution in [3.63, 3.8) is 0 Å². The molecule has 0 radical (unpaired) electrons. The van der Waals surface area contributed by atoms with Gasteiger partial charge in [-0.15, -0.1) is 0 Å². The normalized spacial score (nSPS) is 46.1. The molecule has 2 fully saturated rings. The predicted molar refractivity (Wildman–Crippen MR) is 52.2 cm³/mol. The molecule has 0 N–H and O–H groups in total. The molecule has 0 aromatic carbocycles. The van der Waals surface area contributed by atoms with Gasteiger partial charge >= 0.3 is 0 Å². The third-order valence-electron chi connectivity index (χ3n) is 4.81. The van der Waals surface area contributed by atoms with E-state index in [0.717, 1.165) is 5.92 Å². The molecule has 2 bridgehead atoms. The Bertz CT molecular complexity index is 278. The SMILES string of the molecule is CC1(C)C2CCC(C2)C1(C)N=[N+]=[N-]. The van der Waals surface area contributed by atoms with Gasteiger partial charge in [0.1, 0.15) is 0 Å². The summed E-state index contributed by atoms with van der Waals surface area (Å²) >= 11 is 0. The van der Waals surface area contributed by atoms with Crippen LogP contribution in [0.4, 0.5) is 0 Å². The fraction of sp³-hybridized carbons (Fsp3) is 1.00. The van der Waals surface area contributed by atoms with Crippen molar-refractivity contribution >= 4 is 0 Å². The standard InChI is InChI=1S/C10H17N3/c1-9(2)7-4-5-8(6-7)10(9,3)12-13-11/h7-8H,4-6H2,1-3H3. The summed E-state index contributed by atoms with van der Waals surface area (Å²) in [7, 11) is 0. The summed E-state index contributed by atoms with van der Waals surface area (Å²) in [4.78, 5) is 3.03. The Morgan fingerprint density at radius 2 is 1.85 bits per heavy atom. The summed E-state index contributed by atoms with van der Waals surface area (Å²) in [6.45, 7) is 6.65. The zero-order valence-corrected chi connectivity index (χ0v) is 8.62. The minimum absolute atomic E-state index is 0.134. The number of fused-ring (bicyclic) bond motifs is 2. The van der Waals surface area contributed by atoms with Crippen molar-refractivity contribution in [2.45, 2.75) is 45.6 Å². The van der Waals surface area contributed by atoms with Gasteiger partial charge in [-0.05, 0) is 42.0 Å². The Labute approximate surface area is 79.1 Å². The highest BCUT2D eigenvalue weighted by atomic mass is 15.2. The molecule has 0 spiro atoms. The van der Waals surface area contributed by atoms with Gasteiger partial charge in [0, 0.05) is 4.91 Å². The van der Waals surface area contributed by atoms with Crippen molar-refractivity contribution in [3.8, 4) is 0 Å². The van der Waals surface area contributed by atoms with E-state index in [9.17, 15) is 0 Å². The first-order valence-electron chi connectivity index (χ1n) is 5.08. The second-order valence-corrected chi connectivity index (χ2v) is 5.27. The van der Waals surface area contributed by atoms with Crippen molar-refractivity contribution in [2.75, 3.05) is 0 Å². The lowest BCUT2D eigenvalue weighted by molar-refractivity contribution is 0.102. The smallest absolute Gasteiger partial charge is 0.0541 e. The molecule has 72 valence electrons. The molecule has 0 saturated heterocycles. The van der Waals surface area contributed by atoms with Crippen LogP contribution in [0.15, 0.2) is 5.11 Å². The molecule has 2 aliphatic carbocycles. The van der Waals surface area contributed by atoms with Crippen molar-refractivity contribution in [2.24, 2.45) is 22.4 Å². The van der Waals surface area contributed by atoms with E-state index in [-0.39, 0.29) is 11.0 Å². The Morgan fingerprint density at radius 3 is 2.31 bits per heavy atom. The van der Waals surface area contributed by atoms with E-state index in [2.05, 4.69) is 30.8 Å². The van der Waals surface area contributed by atoms with Crippen molar-refractivity contribution in [1.82, 2.24) is 0 Å². The van der Waals surface area contributed by atoms with Gasteiger partial charge in [-0.25, -0.2) is 0 Å². The van der Waals surface area contributed by atoms with Crippen LogP contribution in [0.2, 0.25) is 0 Å². The molecule has 0 aliphatic heterocycles. The summed E-state index contributed by atoms with van der Waals surface area (Å²) in [6.07, 6.45) is 3.85. The highest BCUT2D eigenvalue weighted by Gasteiger charge is 2.59. The fourth-order valence-corrected chi connectivity index (χ4v) is 3.39. The molecule has 3 heteroatoms. The molecule has 0 amide bonds. The largest absolute Gasteiger partial charge is 0.0867 e. The van der Waals surface area contributed by atoms with E-state index in [0.29, 0.717) is 5.92 Å². The highest BCUT2D eigenvalue weighted by Crippen LogP contribution is 2.62. The maximum absolute atomic E-state index is 8.61. The van der Waals surface area contributed by atoms with Gasteiger partial charge < -0.3 is 0 Å². The number of nitrogens with zero attached hydrogens (tertiary/aromatic N) is 3. The van der Waals surface area contributed by atoms with E-state index >= 15 is 0 Å². The van der Waals surface area contributed by atoms with E-state index in [1.54, 1.807) is 0 Å². The van der Waals surface area contributed by atoms with Crippen molar-refractivity contribution in [3.05, 3.63) is 10.4 Å². The zero-order chi connectivity index (χ0) is 9.69. The van der Waals surface area contributed by atoms with Crippen LogP contribution in [-0.4, -0.2) is 5.54 Å². The van der Waals surface area contributed by atoms with E-state index in [1.165, 1.54) is 19.3 Å². The van der Waals surface area contributed by atoms with Gasteiger partial charge in [0.25, 0.3) is 0 Å². The maximum Gasteiger partial charge on any atom is 0.0541 e. The third kappa shape index (κ3) is 0.884. The summed E-state index contributed by atoms with van der Waals surface area (Å²) in [5, 5.41) is 4.07. The van der Waals surface area contributed by atoms with Crippen LogP contribution < -0.4 is 0 Å². The minimum atomic E-state index is -0.134. The summed E-state index contributed by atoms with van der Waals surface area (Å²) in [5.41, 5.74) is 8.67. The number of hydrogen-bond donors (Lipinski definition) is 0. The summed E-state index contributed by atoms with van der Waals surface area (Å²) < 4.78 is 0. The predicted octanol–water partition coefficient (Wildman–Crippen LogP) is 3.51. The van der Waals surface area contributed by atoms with Crippen LogP contribution in [0.1, 0.15) is 40.0 Å². The molecular formula is C10H17N3. The van der Waals surface area contributed by atoms with Gasteiger partial charge in [0.15, 0.2) is 0 Å². The lowest BCUT2D eigenvalue weighted by Gasteiger charge is -2.44. The third-order valence-corrected chi connectivity index (χ3v) is 4.81. The van der Waals surface area contributed by atoms with Gasteiger partial charge in [-0.2, -0.15) is 0 Å². The average Bonchev–Trinajstić information content (AvgIpc) is 2.56. The van der Waals surface area contributed by atoms with Crippen LogP contribution in [0.5, 0.6) is 0 Å². The first kappa shape index (κ1) is 8.89. The monoisotopic (exact) mass is 179 g/mol. The van der Waals surface area contributed by atoms with Gasteiger partial charge in [-0.1, -0.05) is 25.9 Å². The van der Waals surface area contributed by atoms with Crippen LogP contribution in [0.3, 0.4) is 0 Å². The highest BCUT2D eigenvalue weighted by molar-refractivity contribution is 5.14. The van der Waals surface area contributed by atoms with Crippen molar-refractivity contribution in [1.29, 1.82) is 0 Å². The van der Waals surface area contributed by atoms with Crippen LogP contribution in [-0.2, 0) is 0 Å². The molecule has 3 unspecified atom stereocenters. The molecule has 3 atom stereocenters. The molecule has 0 heterocycles. The van der Waals surface area contributed by atoms with Gasteiger partial charge in [0.05, 0.1) is 5.54 Å². The lowest BCUT2D eigenvalue weighted by atomic mass is 9.64. The molecule has 2 saturated carbocycles. The Balaban J connectivity index is 2.43. The Hall–Kier alpha value is -0.690. The second kappa shape index (κ2) is 2.42. The maximum atomic E-state index is 8.61. The van der Waals surface area contributed by atoms with Crippen molar-refractivity contribution < 1.29 is 0 Å². The van der Waals surface area contributed by atoms with E-state index in [4.69, 9.17) is 5.53 Å². The molecular weight excluding hydrogens is 162 g/mol. The minimum Gasteiger partial charge on any atom is -0.0867 e. The van der Waals surface area contributed by atoms with Crippen LogP contribution in [0, 0.1) is 17.3 Å².